The molecule has 0 amide bonds. The van der Waals surface area contributed by atoms with Crippen LogP contribution in [0.15, 0.2) is 6.07 Å². The molecule has 2 nitrogen and oxygen atoms in total. The Morgan fingerprint density at radius 1 is 1.31 bits per heavy atom. The normalized spacial score (nSPS) is 20.8. The van der Waals surface area contributed by atoms with Gasteiger partial charge >= 0.3 is 0 Å². The Morgan fingerprint density at radius 2 is 2.12 bits per heavy atom. The molecule has 1 atom stereocenters. The van der Waals surface area contributed by atoms with Crippen LogP contribution >= 0.6 is 11.8 Å². The smallest absolute Gasteiger partial charge is 0.251 e. The van der Waals surface area contributed by atoms with Crippen molar-refractivity contribution in [1.29, 1.82) is 0 Å². The Morgan fingerprint density at radius 3 is 2.81 bits per heavy atom. The first-order valence-corrected chi connectivity index (χ1v) is 6.18. The number of rotatable bonds is 2. The molecular weight excluding hydrogens is 237 g/mol. The topological polar surface area (TPSA) is 24.9 Å². The van der Waals surface area contributed by atoms with E-state index < -0.39 is 17.6 Å². The molecule has 0 spiro atoms. The van der Waals surface area contributed by atoms with Crippen molar-refractivity contribution in [2.24, 2.45) is 0 Å². The summed E-state index contributed by atoms with van der Waals surface area (Å²) in [4.78, 5) is 3.23. The molecule has 1 aliphatic heterocycles. The molecule has 0 aliphatic carbocycles. The molecule has 16 heavy (non-hydrogen) atoms. The second kappa shape index (κ2) is 4.95. The van der Waals surface area contributed by atoms with Gasteiger partial charge in [0.2, 0.25) is 0 Å². The third-order valence-electron chi connectivity index (χ3n) is 2.39. The van der Waals surface area contributed by atoms with Crippen LogP contribution in [0.5, 0.6) is 0 Å². The van der Waals surface area contributed by atoms with Crippen molar-refractivity contribution >= 4 is 17.6 Å². The van der Waals surface area contributed by atoms with E-state index in [4.69, 9.17) is 0 Å². The number of nitrogens with zero attached hydrogens (tertiary/aromatic N) is 1. The Labute approximate surface area is 95.6 Å². The number of hydrogen-bond acceptors (Lipinski definition) is 3. The predicted octanol–water partition coefficient (Wildman–Crippen LogP) is 2.81. The maximum absolute atomic E-state index is 13.2. The number of hydrogen-bond donors (Lipinski definition) is 1. The maximum atomic E-state index is 13.2. The standard InChI is InChI=1S/C10H11F3N2S/c11-7-4-8(12)10(15-9(7)13)14-6-2-1-3-16-5-6/h4,6H,1-3,5H2,(H,14,15). The maximum Gasteiger partial charge on any atom is 0.251 e. The largest absolute Gasteiger partial charge is 0.364 e. The van der Waals surface area contributed by atoms with Crippen molar-refractivity contribution in [2.75, 3.05) is 16.8 Å². The van der Waals surface area contributed by atoms with Gasteiger partial charge in [0.25, 0.3) is 5.95 Å². The fourth-order valence-corrected chi connectivity index (χ4v) is 2.67. The first kappa shape index (κ1) is 11.6. The minimum absolute atomic E-state index is 0.0746. The summed E-state index contributed by atoms with van der Waals surface area (Å²) in [6.07, 6.45) is 1.93. The molecule has 1 aliphatic rings. The molecule has 2 rings (SSSR count). The monoisotopic (exact) mass is 248 g/mol. The molecule has 1 fully saturated rings. The van der Waals surface area contributed by atoms with Gasteiger partial charge in [0, 0.05) is 17.9 Å². The van der Waals surface area contributed by atoms with Gasteiger partial charge < -0.3 is 5.32 Å². The van der Waals surface area contributed by atoms with Gasteiger partial charge in [-0.2, -0.15) is 21.1 Å². The highest BCUT2D eigenvalue weighted by Crippen LogP contribution is 2.22. The summed E-state index contributed by atoms with van der Waals surface area (Å²) in [5, 5.41) is 2.80. The fraction of sp³-hybridized carbons (Fsp3) is 0.500. The van der Waals surface area contributed by atoms with Crippen molar-refractivity contribution in [3.05, 3.63) is 23.6 Å². The highest BCUT2D eigenvalue weighted by molar-refractivity contribution is 7.99. The quantitative estimate of drug-likeness (QED) is 0.815. The lowest BCUT2D eigenvalue weighted by molar-refractivity contribution is 0.465. The number of aromatic nitrogens is 1. The zero-order valence-corrected chi connectivity index (χ0v) is 9.29. The average molecular weight is 248 g/mol. The van der Waals surface area contributed by atoms with Crippen LogP contribution < -0.4 is 5.32 Å². The summed E-state index contributed by atoms with van der Waals surface area (Å²) in [6.45, 7) is 0. The van der Waals surface area contributed by atoms with Crippen LogP contribution in [0.25, 0.3) is 0 Å². The van der Waals surface area contributed by atoms with Crippen LogP contribution in [0.3, 0.4) is 0 Å². The van der Waals surface area contributed by atoms with Crippen molar-refractivity contribution in [3.8, 4) is 0 Å². The zero-order valence-electron chi connectivity index (χ0n) is 8.47. The van der Waals surface area contributed by atoms with Crippen molar-refractivity contribution < 1.29 is 13.2 Å². The highest BCUT2D eigenvalue weighted by atomic mass is 32.2. The van der Waals surface area contributed by atoms with Crippen molar-refractivity contribution in [1.82, 2.24) is 4.98 Å². The van der Waals surface area contributed by atoms with Crippen LogP contribution in [-0.2, 0) is 0 Å². The molecule has 1 aromatic rings. The number of nitrogens with one attached hydrogen (secondary N) is 1. The van der Waals surface area contributed by atoms with E-state index in [-0.39, 0.29) is 11.9 Å². The summed E-state index contributed by atoms with van der Waals surface area (Å²) >= 11 is 1.75. The van der Waals surface area contributed by atoms with Gasteiger partial charge in [-0.15, -0.1) is 0 Å². The second-order valence-electron chi connectivity index (χ2n) is 3.65. The first-order valence-electron chi connectivity index (χ1n) is 5.02. The molecule has 1 saturated heterocycles. The second-order valence-corrected chi connectivity index (χ2v) is 4.80. The molecule has 0 saturated carbocycles. The van der Waals surface area contributed by atoms with E-state index in [1.54, 1.807) is 11.8 Å². The van der Waals surface area contributed by atoms with Crippen LogP contribution in [0.2, 0.25) is 0 Å². The summed E-state index contributed by atoms with van der Waals surface area (Å²) < 4.78 is 38.7. The molecule has 6 heteroatoms. The van der Waals surface area contributed by atoms with Gasteiger partial charge in [-0.3, -0.25) is 0 Å². The summed E-state index contributed by atoms with van der Waals surface area (Å²) in [5.41, 5.74) is 0. The Balaban J connectivity index is 2.11. The molecule has 1 aromatic heterocycles. The minimum atomic E-state index is -1.27. The van der Waals surface area contributed by atoms with Gasteiger partial charge in [-0.25, -0.2) is 8.78 Å². The summed E-state index contributed by atoms with van der Waals surface area (Å²) in [6, 6.07) is 0.589. The lowest BCUT2D eigenvalue weighted by atomic mass is 10.2. The molecule has 88 valence electrons. The molecule has 1 N–H and O–H groups in total. The van der Waals surface area contributed by atoms with Gasteiger partial charge in [-0.1, -0.05) is 0 Å². The lowest BCUT2D eigenvalue weighted by Gasteiger charge is -2.23. The van der Waals surface area contributed by atoms with Gasteiger partial charge in [-0.05, 0) is 18.6 Å². The number of anilines is 1. The van der Waals surface area contributed by atoms with Crippen LogP contribution in [0, 0.1) is 17.6 Å². The molecular formula is C10H11F3N2S. The van der Waals surface area contributed by atoms with Crippen LogP contribution in [0.4, 0.5) is 19.0 Å². The zero-order chi connectivity index (χ0) is 11.5. The van der Waals surface area contributed by atoms with E-state index in [2.05, 4.69) is 10.3 Å². The van der Waals surface area contributed by atoms with E-state index in [0.717, 1.165) is 24.3 Å². The molecule has 0 bridgehead atoms. The summed E-state index contributed by atoms with van der Waals surface area (Å²) in [5.74, 6) is -1.67. The van der Waals surface area contributed by atoms with Crippen LogP contribution in [0.1, 0.15) is 12.8 Å². The SMILES string of the molecule is Fc1cc(F)c(NC2CCCSC2)nc1F. The predicted molar refractivity (Wildman–Crippen MR) is 58.1 cm³/mol. The van der Waals surface area contributed by atoms with E-state index in [0.29, 0.717) is 6.07 Å². The van der Waals surface area contributed by atoms with Gasteiger partial charge in [0.1, 0.15) is 0 Å². The lowest BCUT2D eigenvalue weighted by Crippen LogP contribution is -2.27. The van der Waals surface area contributed by atoms with Gasteiger partial charge in [0.05, 0.1) is 0 Å². The third-order valence-corrected chi connectivity index (χ3v) is 3.60. The Hall–Kier alpha value is -0.910. The minimum Gasteiger partial charge on any atom is -0.364 e. The number of halogens is 3. The third kappa shape index (κ3) is 2.61. The van der Waals surface area contributed by atoms with Crippen LogP contribution in [-0.4, -0.2) is 22.5 Å². The van der Waals surface area contributed by atoms with E-state index in [1.165, 1.54) is 0 Å². The molecule has 0 radical (unpaired) electrons. The van der Waals surface area contributed by atoms with Crippen molar-refractivity contribution in [2.45, 2.75) is 18.9 Å². The fourth-order valence-electron chi connectivity index (χ4n) is 1.59. The van der Waals surface area contributed by atoms with E-state index >= 15 is 0 Å². The number of thioether (sulfide) groups is 1. The first-order chi connectivity index (χ1) is 7.66. The van der Waals surface area contributed by atoms with E-state index in [1.807, 2.05) is 0 Å². The summed E-state index contributed by atoms with van der Waals surface area (Å²) in [7, 11) is 0. The molecule has 0 aromatic carbocycles. The highest BCUT2D eigenvalue weighted by Gasteiger charge is 2.17. The Kier molecular flexibility index (Phi) is 3.58. The molecule has 2 heterocycles. The molecule has 1 unspecified atom stereocenters. The average Bonchev–Trinajstić information content (AvgIpc) is 2.27. The Bertz CT molecular complexity index is 381. The van der Waals surface area contributed by atoms with E-state index in [9.17, 15) is 13.2 Å². The number of pyridine rings is 1. The van der Waals surface area contributed by atoms with Gasteiger partial charge in [0.15, 0.2) is 17.5 Å². The van der Waals surface area contributed by atoms with Crippen molar-refractivity contribution in [3.63, 3.8) is 0 Å².